The molecule has 88 valence electrons. The molecular formula is C9H4Cl2F4O. The van der Waals surface area contributed by atoms with Gasteiger partial charge in [0.1, 0.15) is 0 Å². The lowest BCUT2D eigenvalue weighted by molar-refractivity contribution is -0.134. The summed E-state index contributed by atoms with van der Waals surface area (Å²) < 4.78 is 49.9. The standard InChI is InChI=1S/C9H4Cl2F4O/c10-4-1-3(2-5(11)7(4)13)6(12)8(16)9(14)15/h1-2,6,9H. The van der Waals surface area contributed by atoms with Gasteiger partial charge < -0.3 is 0 Å². The molecule has 0 radical (unpaired) electrons. The number of carbonyl (C=O) groups excluding carboxylic acids is 1. The molecule has 0 aliphatic heterocycles. The maximum Gasteiger partial charge on any atom is 0.299 e. The molecule has 16 heavy (non-hydrogen) atoms. The van der Waals surface area contributed by atoms with Gasteiger partial charge in [-0.2, -0.15) is 0 Å². The van der Waals surface area contributed by atoms with Crippen LogP contribution in [0, 0.1) is 5.82 Å². The average molecular weight is 275 g/mol. The quantitative estimate of drug-likeness (QED) is 0.602. The summed E-state index contributed by atoms with van der Waals surface area (Å²) in [6.07, 6.45) is -6.02. The smallest absolute Gasteiger partial charge is 0.290 e. The monoisotopic (exact) mass is 274 g/mol. The maximum absolute atomic E-state index is 13.2. The molecule has 0 saturated carbocycles. The van der Waals surface area contributed by atoms with Crippen molar-refractivity contribution in [3.05, 3.63) is 33.6 Å². The summed E-state index contributed by atoms with van der Waals surface area (Å²) in [5.74, 6) is -2.91. The fourth-order valence-corrected chi connectivity index (χ4v) is 1.50. The van der Waals surface area contributed by atoms with E-state index in [4.69, 9.17) is 23.2 Å². The minimum absolute atomic E-state index is 0.498. The van der Waals surface area contributed by atoms with E-state index >= 15 is 0 Å². The summed E-state index contributed by atoms with van der Waals surface area (Å²) in [6, 6.07) is 1.49. The Balaban J connectivity index is 3.10. The molecule has 0 spiro atoms. The molecule has 0 heterocycles. The van der Waals surface area contributed by atoms with E-state index in [2.05, 4.69) is 0 Å². The zero-order valence-electron chi connectivity index (χ0n) is 7.49. The van der Waals surface area contributed by atoms with Crippen LogP contribution in [-0.4, -0.2) is 12.2 Å². The Labute approximate surface area is 98.0 Å². The molecular weight excluding hydrogens is 271 g/mol. The van der Waals surface area contributed by atoms with E-state index in [-0.39, 0.29) is 0 Å². The highest BCUT2D eigenvalue weighted by Gasteiger charge is 2.28. The molecule has 1 nitrogen and oxygen atoms in total. The SMILES string of the molecule is O=C(C(F)F)C(F)c1cc(Cl)c(F)c(Cl)c1. The van der Waals surface area contributed by atoms with Crippen molar-refractivity contribution >= 4 is 29.0 Å². The molecule has 0 N–H and O–H groups in total. The first kappa shape index (κ1) is 13.3. The molecule has 0 aliphatic carbocycles. The molecule has 1 rings (SSSR count). The van der Waals surface area contributed by atoms with Crippen LogP contribution in [0.5, 0.6) is 0 Å². The van der Waals surface area contributed by atoms with Crippen LogP contribution in [-0.2, 0) is 4.79 Å². The Morgan fingerprint density at radius 1 is 1.12 bits per heavy atom. The number of rotatable bonds is 3. The number of benzene rings is 1. The molecule has 1 unspecified atom stereocenters. The van der Waals surface area contributed by atoms with Crippen LogP contribution >= 0.6 is 23.2 Å². The number of hydrogen-bond donors (Lipinski definition) is 0. The molecule has 0 saturated heterocycles. The highest BCUT2D eigenvalue weighted by atomic mass is 35.5. The zero-order chi connectivity index (χ0) is 12.5. The zero-order valence-corrected chi connectivity index (χ0v) is 9.00. The predicted molar refractivity (Wildman–Crippen MR) is 51.3 cm³/mol. The lowest BCUT2D eigenvalue weighted by Gasteiger charge is -2.08. The van der Waals surface area contributed by atoms with Gasteiger partial charge in [-0.3, -0.25) is 4.79 Å². The number of hydrogen-bond acceptors (Lipinski definition) is 1. The third-order valence-corrected chi connectivity index (χ3v) is 2.31. The van der Waals surface area contributed by atoms with Crippen molar-refractivity contribution in [3.63, 3.8) is 0 Å². The second kappa shape index (κ2) is 5.01. The molecule has 0 amide bonds. The van der Waals surface area contributed by atoms with Gasteiger partial charge in [0.2, 0.25) is 5.78 Å². The minimum atomic E-state index is -3.45. The first-order chi connectivity index (χ1) is 7.34. The predicted octanol–water partition coefficient (Wildman–Crippen LogP) is 3.98. The topological polar surface area (TPSA) is 17.1 Å². The van der Waals surface area contributed by atoms with E-state index in [0.717, 1.165) is 12.1 Å². The van der Waals surface area contributed by atoms with Crippen LogP contribution in [0.1, 0.15) is 11.7 Å². The fourth-order valence-electron chi connectivity index (χ4n) is 0.996. The Morgan fingerprint density at radius 2 is 1.56 bits per heavy atom. The molecule has 1 aromatic carbocycles. The van der Waals surface area contributed by atoms with Gasteiger partial charge in [0, 0.05) is 0 Å². The Morgan fingerprint density at radius 3 is 1.94 bits per heavy atom. The van der Waals surface area contributed by atoms with Crippen LogP contribution in [0.3, 0.4) is 0 Å². The van der Waals surface area contributed by atoms with Gasteiger partial charge in [-0.05, 0) is 17.7 Å². The van der Waals surface area contributed by atoms with Gasteiger partial charge in [0.05, 0.1) is 10.0 Å². The molecule has 1 aromatic rings. The summed E-state index contributed by atoms with van der Waals surface area (Å²) in [4.78, 5) is 10.6. The maximum atomic E-state index is 13.2. The van der Waals surface area contributed by atoms with E-state index in [1.165, 1.54) is 0 Å². The molecule has 1 atom stereocenters. The summed E-state index contributed by atoms with van der Waals surface area (Å²) >= 11 is 10.6. The van der Waals surface area contributed by atoms with Crippen LogP contribution in [0.25, 0.3) is 0 Å². The van der Waals surface area contributed by atoms with Crippen molar-refractivity contribution in [1.29, 1.82) is 0 Å². The largest absolute Gasteiger partial charge is 0.299 e. The summed E-state index contributed by atoms with van der Waals surface area (Å²) in [5.41, 5.74) is -0.498. The van der Waals surface area contributed by atoms with E-state index in [0.29, 0.717) is 0 Å². The van der Waals surface area contributed by atoms with Gasteiger partial charge in [-0.25, -0.2) is 17.6 Å². The van der Waals surface area contributed by atoms with E-state index in [1.807, 2.05) is 0 Å². The van der Waals surface area contributed by atoms with Crippen molar-refractivity contribution in [3.8, 4) is 0 Å². The third-order valence-electron chi connectivity index (χ3n) is 1.76. The summed E-state index contributed by atoms with van der Waals surface area (Å²) in [7, 11) is 0. The second-order valence-corrected chi connectivity index (χ2v) is 3.68. The van der Waals surface area contributed by atoms with Crippen molar-refractivity contribution in [2.45, 2.75) is 12.6 Å². The number of alkyl halides is 3. The molecule has 0 aromatic heterocycles. The van der Waals surface area contributed by atoms with Crippen molar-refractivity contribution in [1.82, 2.24) is 0 Å². The highest BCUT2D eigenvalue weighted by molar-refractivity contribution is 6.35. The molecule has 0 aliphatic rings. The average Bonchev–Trinajstić information content (AvgIpc) is 2.22. The lowest BCUT2D eigenvalue weighted by Crippen LogP contribution is -2.16. The summed E-state index contributed by atoms with van der Waals surface area (Å²) in [5, 5.41) is -1.07. The van der Waals surface area contributed by atoms with Crippen LogP contribution in [0.4, 0.5) is 17.6 Å². The molecule has 0 fully saturated rings. The first-order valence-corrected chi connectivity index (χ1v) is 4.70. The molecule has 0 bridgehead atoms. The second-order valence-electron chi connectivity index (χ2n) is 2.86. The summed E-state index contributed by atoms with van der Waals surface area (Å²) in [6.45, 7) is 0. The highest BCUT2D eigenvalue weighted by Crippen LogP contribution is 2.30. The van der Waals surface area contributed by atoms with Gasteiger partial charge in [0.25, 0.3) is 6.43 Å². The van der Waals surface area contributed by atoms with E-state index < -0.39 is 39.8 Å². The minimum Gasteiger partial charge on any atom is -0.290 e. The number of ketones is 1. The van der Waals surface area contributed by atoms with Crippen LogP contribution in [0.2, 0.25) is 10.0 Å². The van der Waals surface area contributed by atoms with Crippen molar-refractivity contribution in [2.24, 2.45) is 0 Å². The van der Waals surface area contributed by atoms with Crippen LogP contribution in [0.15, 0.2) is 12.1 Å². The van der Waals surface area contributed by atoms with E-state index in [9.17, 15) is 22.4 Å². The number of Topliss-reactive ketones (excluding diaryl/α,β-unsaturated/α-hetero) is 1. The third kappa shape index (κ3) is 2.65. The van der Waals surface area contributed by atoms with Gasteiger partial charge in [0.15, 0.2) is 12.0 Å². The Bertz CT molecular complexity index is 399. The Kier molecular flexibility index (Phi) is 4.15. The Hall–Kier alpha value is -0.810. The van der Waals surface area contributed by atoms with Gasteiger partial charge >= 0.3 is 0 Å². The van der Waals surface area contributed by atoms with Crippen molar-refractivity contribution < 1.29 is 22.4 Å². The normalized spacial score (nSPS) is 12.9. The van der Waals surface area contributed by atoms with Gasteiger partial charge in [-0.1, -0.05) is 23.2 Å². The lowest BCUT2D eigenvalue weighted by atomic mass is 10.1. The molecule has 7 heteroatoms. The van der Waals surface area contributed by atoms with Crippen molar-refractivity contribution in [2.75, 3.05) is 0 Å². The number of carbonyl (C=O) groups is 1. The first-order valence-electron chi connectivity index (χ1n) is 3.95. The van der Waals surface area contributed by atoms with Gasteiger partial charge in [-0.15, -0.1) is 0 Å². The fraction of sp³-hybridized carbons (Fsp3) is 0.222. The number of halogens is 6. The van der Waals surface area contributed by atoms with Crippen LogP contribution < -0.4 is 0 Å². The van der Waals surface area contributed by atoms with E-state index in [1.54, 1.807) is 0 Å².